The van der Waals surface area contributed by atoms with Gasteiger partial charge in [0.05, 0.1) is 0 Å². The average Bonchev–Trinajstić information content (AvgIpc) is 2.73. The molecule has 2 aromatic carbocycles. The van der Waals surface area contributed by atoms with Gasteiger partial charge in [-0.05, 0) is 48.5 Å². The Hall–Kier alpha value is -3.87. The monoisotopic (exact) mass is 362 g/mol. The number of nitrogens with zero attached hydrogens (tertiary/aromatic N) is 1. The Morgan fingerprint density at radius 3 is 2.22 bits per heavy atom. The number of amides is 2. The van der Waals surface area contributed by atoms with Crippen LogP contribution in [-0.2, 0) is 4.79 Å². The van der Waals surface area contributed by atoms with Crippen molar-refractivity contribution in [2.24, 2.45) is 0 Å². The zero-order valence-corrected chi connectivity index (χ0v) is 14.4. The minimum atomic E-state index is -0.500. The van der Waals surface area contributed by atoms with E-state index < -0.39 is 11.8 Å². The smallest absolute Gasteiger partial charge is 0.288 e. The number of anilines is 2. The lowest BCUT2D eigenvalue weighted by Crippen LogP contribution is -2.44. The van der Waals surface area contributed by atoms with Crippen LogP contribution >= 0.6 is 0 Å². The third-order valence-corrected chi connectivity index (χ3v) is 3.50. The molecule has 0 aliphatic heterocycles. The van der Waals surface area contributed by atoms with E-state index in [2.05, 4.69) is 21.2 Å². The van der Waals surface area contributed by atoms with Gasteiger partial charge in [0, 0.05) is 17.6 Å². The summed E-state index contributed by atoms with van der Waals surface area (Å²) in [6.07, 6.45) is 1.50. The molecule has 3 N–H and O–H groups in total. The highest BCUT2D eigenvalue weighted by molar-refractivity contribution is 5.93. The Balaban J connectivity index is 1.43. The van der Waals surface area contributed by atoms with Gasteiger partial charge in [0.2, 0.25) is 0 Å². The zero-order valence-electron chi connectivity index (χ0n) is 14.4. The Labute approximate surface area is 156 Å². The van der Waals surface area contributed by atoms with Gasteiger partial charge in [-0.2, -0.15) is 0 Å². The Bertz CT molecular complexity index is 884. The van der Waals surface area contributed by atoms with E-state index in [1.165, 1.54) is 6.20 Å². The molecule has 0 radical (unpaired) electrons. The molecular formula is C20H18N4O3. The van der Waals surface area contributed by atoms with E-state index in [9.17, 15) is 9.59 Å². The third-order valence-electron chi connectivity index (χ3n) is 3.50. The number of hydrogen-bond donors (Lipinski definition) is 3. The maximum atomic E-state index is 11.8. The van der Waals surface area contributed by atoms with Gasteiger partial charge in [0.15, 0.2) is 6.61 Å². The first-order valence-electron chi connectivity index (χ1n) is 8.26. The fraction of sp³-hybridized carbons (Fsp3) is 0.0500. The SMILES string of the molecule is O=C(COc1ccc(Nc2ccccc2)cc1)NNC(=O)c1ccccn1. The molecule has 0 atom stereocenters. The maximum Gasteiger partial charge on any atom is 0.288 e. The molecule has 0 spiro atoms. The summed E-state index contributed by atoms with van der Waals surface area (Å²) in [6.45, 7) is -0.228. The molecular weight excluding hydrogens is 344 g/mol. The van der Waals surface area contributed by atoms with Gasteiger partial charge in [0.25, 0.3) is 11.8 Å². The van der Waals surface area contributed by atoms with Gasteiger partial charge in [-0.3, -0.25) is 25.4 Å². The van der Waals surface area contributed by atoms with Crippen LogP contribution < -0.4 is 20.9 Å². The maximum absolute atomic E-state index is 11.8. The number of hydrazine groups is 1. The molecule has 2 amide bonds. The second kappa shape index (κ2) is 9.00. The zero-order chi connectivity index (χ0) is 18.9. The first-order valence-corrected chi connectivity index (χ1v) is 8.26. The fourth-order valence-corrected chi connectivity index (χ4v) is 2.20. The van der Waals surface area contributed by atoms with E-state index in [1.54, 1.807) is 30.3 Å². The molecule has 136 valence electrons. The van der Waals surface area contributed by atoms with Gasteiger partial charge in [-0.15, -0.1) is 0 Å². The van der Waals surface area contributed by atoms with Crippen LogP contribution in [0.1, 0.15) is 10.5 Å². The van der Waals surface area contributed by atoms with Crippen molar-refractivity contribution in [2.45, 2.75) is 0 Å². The van der Waals surface area contributed by atoms with Gasteiger partial charge in [0.1, 0.15) is 11.4 Å². The molecule has 1 heterocycles. The highest BCUT2D eigenvalue weighted by Gasteiger charge is 2.08. The van der Waals surface area contributed by atoms with Gasteiger partial charge in [-0.25, -0.2) is 0 Å². The average molecular weight is 362 g/mol. The van der Waals surface area contributed by atoms with Crippen molar-refractivity contribution in [1.82, 2.24) is 15.8 Å². The molecule has 0 aliphatic carbocycles. The Morgan fingerprint density at radius 2 is 1.52 bits per heavy atom. The normalized spacial score (nSPS) is 9.93. The topological polar surface area (TPSA) is 92.4 Å². The van der Waals surface area contributed by atoms with Crippen LogP contribution in [-0.4, -0.2) is 23.4 Å². The first kappa shape index (κ1) is 17.9. The van der Waals surface area contributed by atoms with Crippen molar-refractivity contribution >= 4 is 23.2 Å². The number of benzene rings is 2. The number of carbonyl (C=O) groups is 2. The summed E-state index contributed by atoms with van der Waals surface area (Å²) in [5, 5.41) is 3.26. The van der Waals surface area contributed by atoms with E-state index in [4.69, 9.17) is 4.74 Å². The van der Waals surface area contributed by atoms with Crippen molar-refractivity contribution in [3.05, 3.63) is 84.7 Å². The third kappa shape index (κ3) is 5.57. The molecule has 0 unspecified atom stereocenters. The van der Waals surface area contributed by atoms with Crippen molar-refractivity contribution < 1.29 is 14.3 Å². The van der Waals surface area contributed by atoms with E-state index in [-0.39, 0.29) is 12.3 Å². The minimum absolute atomic E-state index is 0.209. The number of hydrogen-bond acceptors (Lipinski definition) is 5. The number of nitrogens with one attached hydrogen (secondary N) is 3. The summed E-state index contributed by atoms with van der Waals surface area (Å²) in [5.41, 5.74) is 6.65. The highest BCUT2D eigenvalue weighted by atomic mass is 16.5. The lowest BCUT2D eigenvalue weighted by atomic mass is 10.2. The van der Waals surface area contributed by atoms with Crippen LogP contribution in [0.4, 0.5) is 11.4 Å². The summed E-state index contributed by atoms with van der Waals surface area (Å²) in [6, 6.07) is 21.9. The molecule has 0 fully saturated rings. The van der Waals surface area contributed by atoms with E-state index in [1.807, 2.05) is 42.5 Å². The molecule has 27 heavy (non-hydrogen) atoms. The van der Waals surface area contributed by atoms with Gasteiger partial charge >= 0.3 is 0 Å². The van der Waals surface area contributed by atoms with E-state index in [0.717, 1.165) is 11.4 Å². The van der Waals surface area contributed by atoms with Crippen molar-refractivity contribution in [2.75, 3.05) is 11.9 Å². The standard InChI is InChI=1S/C20H18N4O3/c25-19(23-24-20(26)18-8-4-5-13-21-18)14-27-17-11-9-16(10-12-17)22-15-6-2-1-3-7-15/h1-13,22H,14H2,(H,23,25)(H,24,26). The quantitative estimate of drug-likeness (QED) is 0.586. The predicted octanol–water partition coefficient (Wildman–Crippen LogP) is 2.67. The molecule has 3 rings (SSSR count). The summed E-state index contributed by atoms with van der Waals surface area (Å²) >= 11 is 0. The number of carbonyl (C=O) groups excluding carboxylic acids is 2. The lowest BCUT2D eigenvalue weighted by molar-refractivity contribution is -0.123. The van der Waals surface area contributed by atoms with Crippen molar-refractivity contribution in [3.63, 3.8) is 0 Å². The summed E-state index contributed by atoms with van der Waals surface area (Å²) in [7, 11) is 0. The highest BCUT2D eigenvalue weighted by Crippen LogP contribution is 2.19. The molecule has 3 aromatic rings. The Morgan fingerprint density at radius 1 is 0.815 bits per heavy atom. The van der Waals surface area contributed by atoms with Crippen molar-refractivity contribution in [1.29, 1.82) is 0 Å². The van der Waals surface area contributed by atoms with Crippen molar-refractivity contribution in [3.8, 4) is 5.75 Å². The lowest BCUT2D eigenvalue weighted by Gasteiger charge is -2.10. The molecule has 0 saturated carbocycles. The summed E-state index contributed by atoms with van der Waals surface area (Å²) in [5.74, 6) is -0.439. The molecule has 1 aromatic heterocycles. The molecule has 0 aliphatic rings. The number of rotatable bonds is 6. The van der Waals surface area contributed by atoms with Crippen LogP contribution in [0, 0.1) is 0 Å². The summed E-state index contributed by atoms with van der Waals surface area (Å²) < 4.78 is 5.40. The second-order valence-corrected chi connectivity index (χ2v) is 5.52. The number of aromatic nitrogens is 1. The van der Waals surface area contributed by atoms with Crippen LogP contribution in [0.15, 0.2) is 79.0 Å². The number of ether oxygens (including phenoxy) is 1. The molecule has 7 nitrogen and oxygen atoms in total. The molecule has 0 saturated heterocycles. The minimum Gasteiger partial charge on any atom is -0.484 e. The van der Waals surface area contributed by atoms with Crippen LogP contribution in [0.25, 0.3) is 0 Å². The van der Waals surface area contributed by atoms with Gasteiger partial charge in [-0.1, -0.05) is 24.3 Å². The van der Waals surface area contributed by atoms with E-state index in [0.29, 0.717) is 5.75 Å². The largest absolute Gasteiger partial charge is 0.484 e. The summed E-state index contributed by atoms with van der Waals surface area (Å²) in [4.78, 5) is 27.4. The van der Waals surface area contributed by atoms with Gasteiger partial charge < -0.3 is 10.1 Å². The first-order chi connectivity index (χ1) is 13.2. The van der Waals surface area contributed by atoms with Crippen LogP contribution in [0.5, 0.6) is 5.75 Å². The Kier molecular flexibility index (Phi) is 5.98. The fourth-order valence-electron chi connectivity index (χ4n) is 2.20. The molecule has 0 bridgehead atoms. The predicted molar refractivity (Wildman–Crippen MR) is 102 cm³/mol. The molecule has 7 heteroatoms. The van der Waals surface area contributed by atoms with Crippen LogP contribution in [0.2, 0.25) is 0 Å². The number of para-hydroxylation sites is 1. The number of pyridine rings is 1. The van der Waals surface area contributed by atoms with Crippen LogP contribution in [0.3, 0.4) is 0 Å². The van der Waals surface area contributed by atoms with E-state index >= 15 is 0 Å². The second-order valence-electron chi connectivity index (χ2n) is 5.52.